The Labute approximate surface area is 108 Å². The van der Waals surface area contributed by atoms with Crippen LogP contribution >= 0.6 is 0 Å². The molecule has 1 saturated carbocycles. The molecule has 1 aromatic carbocycles. The number of carbonyl (C=O) groups is 1. The molecule has 2 rings (SSSR count). The number of benzene rings is 1. The van der Waals surface area contributed by atoms with E-state index in [-0.39, 0.29) is 11.7 Å². The quantitative estimate of drug-likeness (QED) is 0.871. The molecule has 98 valence electrons. The van der Waals surface area contributed by atoms with Gasteiger partial charge < -0.3 is 5.32 Å². The van der Waals surface area contributed by atoms with E-state index in [4.69, 9.17) is 0 Å². The van der Waals surface area contributed by atoms with E-state index in [2.05, 4.69) is 19.2 Å². The molecular formula is C15H20FNO. The topological polar surface area (TPSA) is 29.1 Å². The van der Waals surface area contributed by atoms with Crippen molar-refractivity contribution in [2.75, 3.05) is 6.54 Å². The van der Waals surface area contributed by atoms with Gasteiger partial charge in [-0.1, -0.05) is 13.8 Å². The van der Waals surface area contributed by atoms with Gasteiger partial charge in [0.25, 0.3) is 5.91 Å². The average Bonchev–Trinajstić information content (AvgIpc) is 3.11. The van der Waals surface area contributed by atoms with Crippen LogP contribution in [0.25, 0.3) is 0 Å². The summed E-state index contributed by atoms with van der Waals surface area (Å²) in [6.07, 6.45) is 2.38. The van der Waals surface area contributed by atoms with Gasteiger partial charge in [-0.05, 0) is 54.9 Å². The van der Waals surface area contributed by atoms with Crippen LogP contribution in [0.4, 0.5) is 4.39 Å². The maximum atomic E-state index is 13.1. The van der Waals surface area contributed by atoms with Gasteiger partial charge in [-0.3, -0.25) is 4.79 Å². The Morgan fingerprint density at radius 1 is 1.44 bits per heavy atom. The van der Waals surface area contributed by atoms with E-state index in [0.717, 1.165) is 6.54 Å². The molecule has 0 unspecified atom stereocenters. The zero-order chi connectivity index (χ0) is 13.3. The monoisotopic (exact) mass is 249 g/mol. The van der Waals surface area contributed by atoms with E-state index < -0.39 is 0 Å². The first-order valence-electron chi connectivity index (χ1n) is 6.49. The van der Waals surface area contributed by atoms with E-state index >= 15 is 0 Å². The highest BCUT2D eigenvalue weighted by atomic mass is 19.1. The minimum atomic E-state index is -0.271. The normalized spacial score (nSPS) is 16.7. The minimum Gasteiger partial charge on any atom is -0.351 e. The second kappa shape index (κ2) is 4.71. The van der Waals surface area contributed by atoms with Crippen molar-refractivity contribution >= 4 is 5.91 Å². The fraction of sp³-hybridized carbons (Fsp3) is 0.533. The number of carbonyl (C=O) groups excluding carboxylic acids is 1. The standard InChI is InChI=1S/C15H20FNO/c1-10(2)15(6-7-15)9-17-14(18)12-4-5-13(16)11(3)8-12/h4-5,8,10H,6-7,9H2,1-3H3,(H,17,18). The highest BCUT2D eigenvalue weighted by Gasteiger charge is 2.45. The van der Waals surface area contributed by atoms with Crippen molar-refractivity contribution in [3.8, 4) is 0 Å². The van der Waals surface area contributed by atoms with Gasteiger partial charge in [0.1, 0.15) is 5.82 Å². The highest BCUT2D eigenvalue weighted by molar-refractivity contribution is 5.94. The third-order valence-electron chi connectivity index (χ3n) is 4.14. The zero-order valence-electron chi connectivity index (χ0n) is 11.2. The van der Waals surface area contributed by atoms with Gasteiger partial charge in [0.15, 0.2) is 0 Å². The first kappa shape index (κ1) is 13.1. The lowest BCUT2D eigenvalue weighted by Crippen LogP contribution is -2.32. The third kappa shape index (κ3) is 2.55. The molecule has 1 aliphatic rings. The lowest BCUT2D eigenvalue weighted by atomic mass is 9.92. The van der Waals surface area contributed by atoms with Gasteiger partial charge in [0, 0.05) is 12.1 Å². The van der Waals surface area contributed by atoms with Crippen LogP contribution in [0.2, 0.25) is 0 Å². The van der Waals surface area contributed by atoms with Gasteiger partial charge in [0.2, 0.25) is 0 Å². The molecule has 0 heterocycles. The molecule has 2 nitrogen and oxygen atoms in total. The minimum absolute atomic E-state index is 0.106. The molecule has 3 heteroatoms. The largest absolute Gasteiger partial charge is 0.351 e. The molecule has 0 atom stereocenters. The van der Waals surface area contributed by atoms with Crippen molar-refractivity contribution in [3.63, 3.8) is 0 Å². The van der Waals surface area contributed by atoms with Crippen LogP contribution in [0.5, 0.6) is 0 Å². The van der Waals surface area contributed by atoms with E-state index in [1.807, 2.05) is 0 Å². The van der Waals surface area contributed by atoms with Crippen molar-refractivity contribution in [1.29, 1.82) is 0 Å². The Balaban J connectivity index is 1.98. The molecule has 1 aromatic rings. The maximum Gasteiger partial charge on any atom is 0.251 e. The lowest BCUT2D eigenvalue weighted by Gasteiger charge is -2.20. The number of rotatable bonds is 4. The van der Waals surface area contributed by atoms with Crippen LogP contribution in [-0.4, -0.2) is 12.5 Å². The average molecular weight is 249 g/mol. The van der Waals surface area contributed by atoms with Gasteiger partial charge >= 0.3 is 0 Å². The zero-order valence-corrected chi connectivity index (χ0v) is 11.2. The number of hydrogen-bond acceptors (Lipinski definition) is 1. The predicted molar refractivity (Wildman–Crippen MR) is 70.0 cm³/mol. The van der Waals surface area contributed by atoms with Crippen LogP contribution in [0.1, 0.15) is 42.6 Å². The molecule has 1 fully saturated rings. The summed E-state index contributed by atoms with van der Waals surface area (Å²) in [6, 6.07) is 4.48. The number of aryl methyl sites for hydroxylation is 1. The first-order valence-corrected chi connectivity index (χ1v) is 6.49. The molecule has 0 aliphatic heterocycles. The number of hydrogen-bond donors (Lipinski definition) is 1. The molecule has 0 radical (unpaired) electrons. The lowest BCUT2D eigenvalue weighted by molar-refractivity contribution is 0.0939. The number of halogens is 1. The molecule has 0 saturated heterocycles. The smallest absolute Gasteiger partial charge is 0.251 e. The fourth-order valence-corrected chi connectivity index (χ4v) is 2.26. The third-order valence-corrected chi connectivity index (χ3v) is 4.14. The van der Waals surface area contributed by atoms with Crippen molar-refractivity contribution < 1.29 is 9.18 Å². The SMILES string of the molecule is Cc1cc(C(=O)NCC2(C(C)C)CC2)ccc1F. The van der Waals surface area contributed by atoms with Gasteiger partial charge in [-0.15, -0.1) is 0 Å². The van der Waals surface area contributed by atoms with Gasteiger partial charge in [0.05, 0.1) is 0 Å². The molecule has 0 spiro atoms. The van der Waals surface area contributed by atoms with Crippen LogP contribution in [0.15, 0.2) is 18.2 Å². The van der Waals surface area contributed by atoms with E-state index in [9.17, 15) is 9.18 Å². The van der Waals surface area contributed by atoms with Crippen molar-refractivity contribution in [2.24, 2.45) is 11.3 Å². The number of nitrogens with one attached hydrogen (secondary N) is 1. The molecule has 1 amide bonds. The van der Waals surface area contributed by atoms with E-state index in [1.54, 1.807) is 13.0 Å². The Kier molecular flexibility index (Phi) is 3.42. The summed E-state index contributed by atoms with van der Waals surface area (Å²) in [5.74, 6) is 0.213. The van der Waals surface area contributed by atoms with Crippen molar-refractivity contribution in [1.82, 2.24) is 5.32 Å². The second-order valence-electron chi connectivity index (χ2n) is 5.66. The molecule has 0 aromatic heterocycles. The van der Waals surface area contributed by atoms with Crippen LogP contribution in [0, 0.1) is 24.1 Å². The first-order chi connectivity index (χ1) is 8.44. The summed E-state index contributed by atoms with van der Waals surface area (Å²) >= 11 is 0. The van der Waals surface area contributed by atoms with E-state index in [0.29, 0.717) is 22.5 Å². The summed E-state index contributed by atoms with van der Waals surface area (Å²) in [4.78, 5) is 12.0. The highest BCUT2D eigenvalue weighted by Crippen LogP contribution is 2.51. The summed E-state index contributed by atoms with van der Waals surface area (Å²) in [5.41, 5.74) is 1.34. The summed E-state index contributed by atoms with van der Waals surface area (Å²) < 4.78 is 13.1. The maximum absolute atomic E-state index is 13.1. The fourth-order valence-electron chi connectivity index (χ4n) is 2.26. The van der Waals surface area contributed by atoms with Gasteiger partial charge in [-0.25, -0.2) is 4.39 Å². The Morgan fingerprint density at radius 3 is 2.61 bits per heavy atom. The molecule has 1 N–H and O–H groups in total. The van der Waals surface area contributed by atoms with Crippen LogP contribution < -0.4 is 5.32 Å². The van der Waals surface area contributed by atoms with Crippen molar-refractivity contribution in [3.05, 3.63) is 35.1 Å². The molecule has 18 heavy (non-hydrogen) atoms. The Morgan fingerprint density at radius 2 is 2.11 bits per heavy atom. The Hall–Kier alpha value is -1.38. The van der Waals surface area contributed by atoms with E-state index in [1.165, 1.54) is 25.0 Å². The predicted octanol–water partition coefficient (Wildman–Crippen LogP) is 3.30. The summed E-state index contributed by atoms with van der Waals surface area (Å²) in [5, 5.41) is 2.97. The number of amides is 1. The molecule has 1 aliphatic carbocycles. The summed E-state index contributed by atoms with van der Waals surface area (Å²) in [7, 11) is 0. The van der Waals surface area contributed by atoms with Crippen LogP contribution in [0.3, 0.4) is 0 Å². The summed E-state index contributed by atoms with van der Waals surface area (Å²) in [6.45, 7) is 6.78. The molecular weight excluding hydrogens is 229 g/mol. The second-order valence-corrected chi connectivity index (χ2v) is 5.66. The molecule has 0 bridgehead atoms. The van der Waals surface area contributed by atoms with Crippen molar-refractivity contribution in [2.45, 2.75) is 33.6 Å². The van der Waals surface area contributed by atoms with Gasteiger partial charge in [-0.2, -0.15) is 0 Å². The van der Waals surface area contributed by atoms with Crippen LogP contribution in [-0.2, 0) is 0 Å². The Bertz CT molecular complexity index is 464.